The van der Waals surface area contributed by atoms with Crippen molar-refractivity contribution in [3.8, 4) is 5.75 Å². The first-order valence-corrected chi connectivity index (χ1v) is 12.8. The first kappa shape index (κ1) is 24.3. The molecular weight excluding hydrogens is 458 g/mol. The molecule has 0 spiro atoms. The second-order valence-corrected chi connectivity index (χ2v) is 9.99. The van der Waals surface area contributed by atoms with Crippen LogP contribution in [0.25, 0.3) is 0 Å². The summed E-state index contributed by atoms with van der Waals surface area (Å²) in [5.74, 6) is 0.164. The van der Waals surface area contributed by atoms with Crippen molar-refractivity contribution in [2.45, 2.75) is 69.2 Å². The second kappa shape index (κ2) is 10.7. The van der Waals surface area contributed by atoms with Gasteiger partial charge in [0.1, 0.15) is 18.5 Å². The third-order valence-electron chi connectivity index (χ3n) is 7.39. The Morgan fingerprint density at radius 3 is 2.58 bits per heavy atom. The molecule has 1 aliphatic carbocycles. The predicted molar refractivity (Wildman–Crippen MR) is 135 cm³/mol. The lowest BCUT2D eigenvalue weighted by Crippen LogP contribution is -2.54. The summed E-state index contributed by atoms with van der Waals surface area (Å²) in [7, 11) is 1.78. The summed E-state index contributed by atoms with van der Waals surface area (Å²) in [6, 6.07) is 14.8. The number of benzene rings is 2. The van der Waals surface area contributed by atoms with Crippen molar-refractivity contribution >= 4 is 23.4 Å². The van der Waals surface area contributed by atoms with E-state index in [2.05, 4.69) is 10.6 Å². The topological polar surface area (TPSA) is 97.0 Å². The number of amides is 3. The van der Waals surface area contributed by atoms with Crippen molar-refractivity contribution in [2.75, 3.05) is 19.0 Å². The monoisotopic (exact) mass is 491 g/mol. The van der Waals surface area contributed by atoms with Gasteiger partial charge >= 0.3 is 0 Å². The van der Waals surface area contributed by atoms with E-state index in [9.17, 15) is 14.4 Å². The fourth-order valence-corrected chi connectivity index (χ4v) is 5.14. The Kier molecular flexibility index (Phi) is 7.23. The highest BCUT2D eigenvalue weighted by Gasteiger charge is 2.39. The van der Waals surface area contributed by atoms with Gasteiger partial charge in [-0.2, -0.15) is 0 Å². The summed E-state index contributed by atoms with van der Waals surface area (Å²) >= 11 is 0. The number of likely N-dealkylation sites (N-methyl/N-ethyl adjacent to an activating group) is 1. The molecule has 0 unspecified atom stereocenters. The van der Waals surface area contributed by atoms with E-state index in [1.54, 1.807) is 30.1 Å². The van der Waals surface area contributed by atoms with Crippen molar-refractivity contribution in [2.24, 2.45) is 0 Å². The summed E-state index contributed by atoms with van der Waals surface area (Å²) in [5, 5.41) is 5.96. The van der Waals surface area contributed by atoms with Crippen LogP contribution in [0, 0.1) is 0 Å². The number of carbonyl (C=O) groups excluding carboxylic acids is 3. The van der Waals surface area contributed by atoms with Gasteiger partial charge < -0.3 is 25.0 Å². The number of carbonyl (C=O) groups is 3. The molecule has 8 nitrogen and oxygen atoms in total. The number of nitrogens with zero attached hydrogens (tertiary/aromatic N) is 1. The minimum atomic E-state index is -0.312. The minimum absolute atomic E-state index is 0.0338. The number of ether oxygens (including phenoxy) is 2. The molecule has 2 N–H and O–H groups in total. The molecule has 0 radical (unpaired) electrons. The van der Waals surface area contributed by atoms with Gasteiger partial charge in [0.2, 0.25) is 11.8 Å². The highest BCUT2D eigenvalue weighted by atomic mass is 16.5. The van der Waals surface area contributed by atoms with Crippen LogP contribution in [0.4, 0.5) is 5.69 Å². The molecule has 2 aromatic rings. The summed E-state index contributed by atoms with van der Waals surface area (Å²) in [5.41, 5.74) is 1.88. The van der Waals surface area contributed by atoms with E-state index in [-0.39, 0.29) is 49.0 Å². The maximum atomic E-state index is 13.4. The summed E-state index contributed by atoms with van der Waals surface area (Å²) in [6.07, 6.45) is 4.83. The molecule has 3 amide bonds. The average molecular weight is 492 g/mol. The third kappa shape index (κ3) is 5.54. The van der Waals surface area contributed by atoms with E-state index < -0.39 is 0 Å². The minimum Gasteiger partial charge on any atom is -0.490 e. The zero-order valence-corrected chi connectivity index (χ0v) is 20.6. The Bertz CT molecular complexity index is 1120. The van der Waals surface area contributed by atoms with Crippen LogP contribution in [0.15, 0.2) is 48.5 Å². The molecular formula is C28H33N3O5. The van der Waals surface area contributed by atoms with Crippen molar-refractivity contribution in [3.63, 3.8) is 0 Å². The molecule has 1 saturated heterocycles. The highest BCUT2D eigenvalue weighted by Crippen LogP contribution is 2.32. The second-order valence-electron chi connectivity index (χ2n) is 9.99. The quantitative estimate of drug-likeness (QED) is 0.646. The average Bonchev–Trinajstić information content (AvgIpc) is 2.84. The van der Waals surface area contributed by atoms with Crippen molar-refractivity contribution in [3.05, 3.63) is 59.7 Å². The Morgan fingerprint density at radius 1 is 1.03 bits per heavy atom. The molecule has 1 saturated carbocycles. The standard InChI is InChI=1S/C28H33N3O5/c1-31-23-12-11-21(16-27(33)29-19-8-5-9-19)36-25(23)17-35-24-13-10-20(15-22(24)28(31)34)30-26(32)14-18-6-3-2-4-7-18/h2-4,6-7,10,13,15,19,21,23,25H,5,8-9,11-12,14,16-17H2,1H3,(H,29,33)(H,30,32)/t21-,23+,25+/m1/s1. The van der Waals surface area contributed by atoms with Crippen LogP contribution in [0.2, 0.25) is 0 Å². The molecule has 2 heterocycles. The molecule has 2 aliphatic heterocycles. The van der Waals surface area contributed by atoms with Crippen molar-refractivity contribution in [1.82, 2.24) is 10.2 Å². The third-order valence-corrected chi connectivity index (χ3v) is 7.39. The van der Waals surface area contributed by atoms with Crippen LogP contribution in [0.1, 0.15) is 54.4 Å². The molecule has 2 aromatic carbocycles. The van der Waals surface area contributed by atoms with E-state index >= 15 is 0 Å². The van der Waals surface area contributed by atoms with Gasteiger partial charge in [-0.05, 0) is 55.9 Å². The van der Waals surface area contributed by atoms with E-state index in [0.29, 0.717) is 35.9 Å². The largest absolute Gasteiger partial charge is 0.490 e. The Balaban J connectivity index is 1.23. The van der Waals surface area contributed by atoms with Crippen LogP contribution in [0.5, 0.6) is 5.75 Å². The van der Waals surface area contributed by atoms with Crippen molar-refractivity contribution in [1.29, 1.82) is 0 Å². The van der Waals surface area contributed by atoms with E-state index in [4.69, 9.17) is 9.47 Å². The molecule has 190 valence electrons. The van der Waals surface area contributed by atoms with Gasteiger partial charge in [-0.25, -0.2) is 0 Å². The molecule has 36 heavy (non-hydrogen) atoms. The number of anilines is 1. The number of hydrogen-bond acceptors (Lipinski definition) is 5. The van der Waals surface area contributed by atoms with Gasteiger partial charge in [0.05, 0.1) is 30.6 Å². The molecule has 8 heteroatoms. The fourth-order valence-electron chi connectivity index (χ4n) is 5.14. The van der Waals surface area contributed by atoms with Crippen LogP contribution in [-0.2, 0) is 20.7 Å². The lowest BCUT2D eigenvalue weighted by atomic mass is 9.92. The Morgan fingerprint density at radius 2 is 1.83 bits per heavy atom. The summed E-state index contributed by atoms with van der Waals surface area (Å²) < 4.78 is 12.3. The van der Waals surface area contributed by atoms with Gasteiger partial charge in [0.25, 0.3) is 5.91 Å². The van der Waals surface area contributed by atoms with Gasteiger partial charge in [0.15, 0.2) is 0 Å². The maximum absolute atomic E-state index is 13.4. The zero-order chi connectivity index (χ0) is 25.1. The van der Waals surface area contributed by atoms with E-state index in [0.717, 1.165) is 24.8 Å². The number of rotatable bonds is 6. The fraction of sp³-hybridized carbons (Fsp3) is 0.464. The molecule has 3 aliphatic rings. The smallest absolute Gasteiger partial charge is 0.257 e. The number of hydrogen-bond donors (Lipinski definition) is 2. The maximum Gasteiger partial charge on any atom is 0.257 e. The van der Waals surface area contributed by atoms with Crippen LogP contribution >= 0.6 is 0 Å². The lowest BCUT2D eigenvalue weighted by molar-refractivity contribution is -0.135. The normalized spacial score (nSPS) is 23.8. The summed E-state index contributed by atoms with van der Waals surface area (Å²) in [4.78, 5) is 40.0. The van der Waals surface area contributed by atoms with Gasteiger partial charge in [0, 0.05) is 18.8 Å². The van der Waals surface area contributed by atoms with Crippen LogP contribution in [-0.4, -0.2) is 60.6 Å². The zero-order valence-electron chi connectivity index (χ0n) is 20.6. The SMILES string of the molecule is CN1C(=O)c2cc(NC(=O)Cc3ccccc3)ccc2OC[C@@H]2O[C@@H](CC(=O)NC3CCC3)CC[C@@H]21. The Labute approximate surface area is 211 Å². The molecule has 0 bridgehead atoms. The first-order valence-electron chi connectivity index (χ1n) is 12.8. The Hall–Kier alpha value is -3.39. The van der Waals surface area contributed by atoms with Crippen molar-refractivity contribution < 1.29 is 23.9 Å². The van der Waals surface area contributed by atoms with Crippen LogP contribution in [0.3, 0.4) is 0 Å². The lowest BCUT2D eigenvalue weighted by Gasteiger charge is -2.42. The number of nitrogens with one attached hydrogen (secondary N) is 2. The molecule has 2 fully saturated rings. The number of fused-ring (bicyclic) bond motifs is 2. The molecule has 0 aromatic heterocycles. The molecule has 5 rings (SSSR count). The predicted octanol–water partition coefficient (Wildman–Crippen LogP) is 3.31. The first-order chi connectivity index (χ1) is 17.5. The van der Waals surface area contributed by atoms with Gasteiger partial charge in [-0.3, -0.25) is 14.4 Å². The summed E-state index contributed by atoms with van der Waals surface area (Å²) in [6.45, 7) is 0.287. The highest BCUT2D eigenvalue weighted by molar-refractivity contribution is 6.00. The van der Waals surface area contributed by atoms with Crippen LogP contribution < -0.4 is 15.4 Å². The van der Waals surface area contributed by atoms with Gasteiger partial charge in [-0.1, -0.05) is 30.3 Å². The van der Waals surface area contributed by atoms with E-state index in [1.165, 1.54) is 6.42 Å². The van der Waals surface area contributed by atoms with E-state index in [1.807, 2.05) is 30.3 Å². The molecule has 3 atom stereocenters. The van der Waals surface area contributed by atoms with Gasteiger partial charge in [-0.15, -0.1) is 0 Å².